The smallest absolute Gasteiger partial charge is 0.307 e. The van der Waals surface area contributed by atoms with Gasteiger partial charge in [0.1, 0.15) is 0 Å². The number of rotatable bonds is 2. The van der Waals surface area contributed by atoms with Gasteiger partial charge in [-0.05, 0) is 43.0 Å². The molecule has 70 valence electrons. The standard InChI is InChI=1S/C11H14O2/c1-7-4-9(3)10(5-8(7)2)6-11(12)13/h4-5H,6H2,1-3H3,(H,12,13). The zero-order valence-electron chi connectivity index (χ0n) is 8.22. The van der Waals surface area contributed by atoms with E-state index in [-0.39, 0.29) is 6.42 Å². The van der Waals surface area contributed by atoms with Crippen molar-refractivity contribution in [1.29, 1.82) is 0 Å². The van der Waals surface area contributed by atoms with Gasteiger partial charge in [-0.25, -0.2) is 0 Å². The minimum Gasteiger partial charge on any atom is -0.481 e. The van der Waals surface area contributed by atoms with E-state index in [1.54, 1.807) is 0 Å². The fourth-order valence-electron chi connectivity index (χ4n) is 1.37. The predicted molar refractivity (Wildman–Crippen MR) is 52.0 cm³/mol. The maximum Gasteiger partial charge on any atom is 0.307 e. The highest BCUT2D eigenvalue weighted by molar-refractivity contribution is 5.71. The Bertz CT molecular complexity index is 340. The zero-order valence-corrected chi connectivity index (χ0v) is 8.22. The minimum atomic E-state index is -0.772. The van der Waals surface area contributed by atoms with Crippen molar-refractivity contribution in [3.63, 3.8) is 0 Å². The molecule has 0 bridgehead atoms. The van der Waals surface area contributed by atoms with Gasteiger partial charge < -0.3 is 5.11 Å². The quantitative estimate of drug-likeness (QED) is 0.754. The molecule has 0 atom stereocenters. The van der Waals surface area contributed by atoms with E-state index in [1.807, 2.05) is 32.9 Å². The Morgan fingerprint density at radius 3 is 2.23 bits per heavy atom. The number of carboxylic acids is 1. The molecule has 0 aliphatic heterocycles. The molecule has 2 heteroatoms. The molecule has 0 aromatic heterocycles. The van der Waals surface area contributed by atoms with E-state index in [9.17, 15) is 4.79 Å². The number of benzene rings is 1. The Morgan fingerprint density at radius 2 is 1.69 bits per heavy atom. The first-order chi connectivity index (χ1) is 6.00. The number of carboxylic acid groups (broad SMARTS) is 1. The summed E-state index contributed by atoms with van der Waals surface area (Å²) in [6, 6.07) is 3.99. The molecule has 1 aromatic rings. The Balaban J connectivity index is 3.08. The van der Waals surface area contributed by atoms with Crippen LogP contribution in [0.5, 0.6) is 0 Å². The number of hydrogen-bond acceptors (Lipinski definition) is 1. The first-order valence-corrected chi connectivity index (χ1v) is 4.29. The molecule has 0 aliphatic carbocycles. The van der Waals surface area contributed by atoms with Gasteiger partial charge in [0.05, 0.1) is 6.42 Å². The summed E-state index contributed by atoms with van der Waals surface area (Å²) in [6.45, 7) is 5.98. The third kappa shape index (κ3) is 2.31. The van der Waals surface area contributed by atoms with Crippen LogP contribution < -0.4 is 0 Å². The van der Waals surface area contributed by atoms with Gasteiger partial charge in [0, 0.05) is 0 Å². The van der Waals surface area contributed by atoms with Crippen LogP contribution in [0.25, 0.3) is 0 Å². The van der Waals surface area contributed by atoms with Gasteiger partial charge >= 0.3 is 5.97 Å². The third-order valence-corrected chi connectivity index (χ3v) is 2.29. The Kier molecular flexibility index (Phi) is 2.71. The highest BCUT2D eigenvalue weighted by Crippen LogP contribution is 2.15. The predicted octanol–water partition coefficient (Wildman–Crippen LogP) is 2.24. The van der Waals surface area contributed by atoms with Crippen LogP contribution in [-0.4, -0.2) is 11.1 Å². The molecule has 0 amide bonds. The van der Waals surface area contributed by atoms with Crippen molar-refractivity contribution in [3.05, 3.63) is 34.4 Å². The van der Waals surface area contributed by atoms with Gasteiger partial charge in [0.15, 0.2) is 0 Å². The van der Waals surface area contributed by atoms with Gasteiger partial charge in [-0.15, -0.1) is 0 Å². The molecule has 0 saturated carbocycles. The van der Waals surface area contributed by atoms with E-state index < -0.39 is 5.97 Å². The average molecular weight is 178 g/mol. The normalized spacial score (nSPS) is 10.1. The van der Waals surface area contributed by atoms with Crippen LogP contribution in [0.1, 0.15) is 22.3 Å². The van der Waals surface area contributed by atoms with Crippen molar-refractivity contribution in [1.82, 2.24) is 0 Å². The van der Waals surface area contributed by atoms with Crippen LogP contribution in [0.4, 0.5) is 0 Å². The summed E-state index contributed by atoms with van der Waals surface area (Å²) < 4.78 is 0. The zero-order chi connectivity index (χ0) is 10.0. The van der Waals surface area contributed by atoms with Crippen LogP contribution in [0.3, 0.4) is 0 Å². The highest BCUT2D eigenvalue weighted by Gasteiger charge is 2.05. The Hall–Kier alpha value is -1.31. The van der Waals surface area contributed by atoms with E-state index in [4.69, 9.17) is 5.11 Å². The van der Waals surface area contributed by atoms with Gasteiger partial charge in [0.2, 0.25) is 0 Å². The molecule has 1 rings (SSSR count). The monoisotopic (exact) mass is 178 g/mol. The van der Waals surface area contributed by atoms with E-state index in [0.29, 0.717) is 0 Å². The fourth-order valence-corrected chi connectivity index (χ4v) is 1.37. The summed E-state index contributed by atoms with van der Waals surface area (Å²) in [5.74, 6) is -0.772. The summed E-state index contributed by atoms with van der Waals surface area (Å²) in [7, 11) is 0. The largest absolute Gasteiger partial charge is 0.481 e. The van der Waals surface area contributed by atoms with E-state index in [2.05, 4.69) is 0 Å². The second kappa shape index (κ2) is 3.60. The van der Waals surface area contributed by atoms with Crippen LogP contribution >= 0.6 is 0 Å². The maximum atomic E-state index is 10.5. The molecular weight excluding hydrogens is 164 g/mol. The number of aryl methyl sites for hydroxylation is 3. The molecule has 1 N–H and O–H groups in total. The summed E-state index contributed by atoms with van der Waals surface area (Å²) in [5.41, 5.74) is 4.34. The lowest BCUT2D eigenvalue weighted by Crippen LogP contribution is -2.02. The van der Waals surface area contributed by atoms with Gasteiger partial charge in [-0.3, -0.25) is 4.79 Å². The van der Waals surface area contributed by atoms with Crippen molar-refractivity contribution in [2.45, 2.75) is 27.2 Å². The van der Waals surface area contributed by atoms with Crippen molar-refractivity contribution in [2.75, 3.05) is 0 Å². The van der Waals surface area contributed by atoms with Gasteiger partial charge in [-0.1, -0.05) is 12.1 Å². The first kappa shape index (κ1) is 9.78. The lowest BCUT2D eigenvalue weighted by Gasteiger charge is -2.07. The van der Waals surface area contributed by atoms with Crippen LogP contribution in [0.2, 0.25) is 0 Å². The molecule has 0 spiro atoms. The van der Waals surface area contributed by atoms with E-state index >= 15 is 0 Å². The maximum absolute atomic E-state index is 10.5. The second-order valence-electron chi connectivity index (χ2n) is 3.43. The third-order valence-electron chi connectivity index (χ3n) is 2.29. The van der Waals surface area contributed by atoms with Crippen molar-refractivity contribution >= 4 is 5.97 Å². The molecule has 0 radical (unpaired) electrons. The van der Waals surface area contributed by atoms with Crippen LogP contribution in [0, 0.1) is 20.8 Å². The summed E-state index contributed by atoms with van der Waals surface area (Å²) >= 11 is 0. The molecule has 1 aromatic carbocycles. The average Bonchev–Trinajstić information content (AvgIpc) is 1.99. The number of carbonyl (C=O) groups is 1. The SMILES string of the molecule is Cc1cc(C)c(CC(=O)O)cc1C. The van der Waals surface area contributed by atoms with Gasteiger partial charge in [0.25, 0.3) is 0 Å². The Labute approximate surface area is 78.2 Å². The summed E-state index contributed by atoms with van der Waals surface area (Å²) in [4.78, 5) is 10.5. The van der Waals surface area contributed by atoms with E-state index in [1.165, 1.54) is 5.56 Å². The summed E-state index contributed by atoms with van der Waals surface area (Å²) in [6.07, 6.45) is 0.118. The number of aliphatic carboxylic acids is 1. The lowest BCUT2D eigenvalue weighted by molar-refractivity contribution is -0.136. The van der Waals surface area contributed by atoms with Crippen LogP contribution in [0.15, 0.2) is 12.1 Å². The van der Waals surface area contributed by atoms with Crippen molar-refractivity contribution < 1.29 is 9.90 Å². The minimum absolute atomic E-state index is 0.118. The molecule has 13 heavy (non-hydrogen) atoms. The molecule has 0 heterocycles. The van der Waals surface area contributed by atoms with Crippen LogP contribution in [-0.2, 0) is 11.2 Å². The topological polar surface area (TPSA) is 37.3 Å². The highest BCUT2D eigenvalue weighted by atomic mass is 16.4. The molecule has 0 saturated heterocycles. The Morgan fingerprint density at radius 1 is 1.15 bits per heavy atom. The molecule has 0 unspecified atom stereocenters. The summed E-state index contributed by atoms with van der Waals surface area (Å²) in [5, 5.41) is 8.65. The van der Waals surface area contributed by atoms with Gasteiger partial charge in [-0.2, -0.15) is 0 Å². The molecule has 0 fully saturated rings. The molecule has 2 nitrogen and oxygen atoms in total. The fraction of sp³-hybridized carbons (Fsp3) is 0.364. The molecule has 0 aliphatic rings. The van der Waals surface area contributed by atoms with Crippen molar-refractivity contribution in [3.8, 4) is 0 Å². The second-order valence-corrected chi connectivity index (χ2v) is 3.43. The number of hydrogen-bond donors (Lipinski definition) is 1. The first-order valence-electron chi connectivity index (χ1n) is 4.29. The van der Waals surface area contributed by atoms with E-state index in [0.717, 1.165) is 16.7 Å². The lowest BCUT2D eigenvalue weighted by atomic mass is 9.99. The molecular formula is C11H14O2. The van der Waals surface area contributed by atoms with Crippen molar-refractivity contribution in [2.24, 2.45) is 0 Å².